The van der Waals surface area contributed by atoms with Gasteiger partial charge in [0.2, 0.25) is 0 Å². The number of carboxylic acid groups (broad SMARTS) is 1. The SMILES string of the molecule is Cc1oc(C)c(C(=O)N(C)CC(=O)O)c1C. The van der Waals surface area contributed by atoms with E-state index in [0.29, 0.717) is 17.1 Å². The standard InChI is InChI=1S/C11H15NO4/c1-6-7(2)16-8(3)10(6)11(15)12(4)5-9(13)14/h5H2,1-4H3,(H,13,14). The second-order valence-electron chi connectivity index (χ2n) is 3.77. The van der Waals surface area contributed by atoms with E-state index in [2.05, 4.69) is 0 Å². The van der Waals surface area contributed by atoms with E-state index in [1.165, 1.54) is 7.05 Å². The zero-order valence-corrected chi connectivity index (χ0v) is 9.83. The van der Waals surface area contributed by atoms with E-state index in [-0.39, 0.29) is 12.5 Å². The van der Waals surface area contributed by atoms with E-state index in [0.717, 1.165) is 10.5 Å². The summed E-state index contributed by atoms with van der Waals surface area (Å²) in [5.41, 5.74) is 1.22. The third-order valence-electron chi connectivity index (χ3n) is 2.49. The maximum Gasteiger partial charge on any atom is 0.323 e. The van der Waals surface area contributed by atoms with Crippen LogP contribution in [0.3, 0.4) is 0 Å². The molecule has 0 aliphatic carbocycles. The van der Waals surface area contributed by atoms with E-state index in [1.54, 1.807) is 20.8 Å². The van der Waals surface area contributed by atoms with Crippen LogP contribution in [-0.4, -0.2) is 35.5 Å². The maximum absolute atomic E-state index is 11.9. The number of nitrogens with zero attached hydrogens (tertiary/aromatic N) is 1. The average molecular weight is 225 g/mol. The van der Waals surface area contributed by atoms with Crippen LogP contribution in [0.2, 0.25) is 0 Å². The molecule has 0 aromatic carbocycles. The summed E-state index contributed by atoms with van der Waals surface area (Å²) in [6, 6.07) is 0. The van der Waals surface area contributed by atoms with Gasteiger partial charge in [0.1, 0.15) is 18.1 Å². The van der Waals surface area contributed by atoms with Crippen LogP contribution in [0.4, 0.5) is 0 Å². The van der Waals surface area contributed by atoms with E-state index in [4.69, 9.17) is 9.52 Å². The Bertz CT molecular complexity index is 433. The van der Waals surface area contributed by atoms with E-state index >= 15 is 0 Å². The summed E-state index contributed by atoms with van der Waals surface area (Å²) in [4.78, 5) is 23.6. The molecular formula is C11H15NO4. The number of likely N-dealkylation sites (N-methyl/N-ethyl adjacent to an activating group) is 1. The number of carbonyl (C=O) groups is 2. The van der Waals surface area contributed by atoms with Gasteiger partial charge < -0.3 is 14.4 Å². The van der Waals surface area contributed by atoms with Crippen molar-refractivity contribution in [3.63, 3.8) is 0 Å². The molecule has 0 atom stereocenters. The topological polar surface area (TPSA) is 70.8 Å². The van der Waals surface area contributed by atoms with Gasteiger partial charge >= 0.3 is 5.97 Å². The Balaban J connectivity index is 3.00. The average Bonchev–Trinajstić information content (AvgIpc) is 2.39. The number of furan rings is 1. The van der Waals surface area contributed by atoms with Crippen LogP contribution in [0.5, 0.6) is 0 Å². The molecule has 0 saturated heterocycles. The molecule has 0 unspecified atom stereocenters. The number of amides is 1. The molecule has 0 fully saturated rings. The summed E-state index contributed by atoms with van der Waals surface area (Å²) in [6.45, 7) is 4.94. The summed E-state index contributed by atoms with van der Waals surface area (Å²) < 4.78 is 5.33. The molecule has 0 spiro atoms. The van der Waals surface area contributed by atoms with Gasteiger partial charge in [-0.25, -0.2) is 0 Å². The van der Waals surface area contributed by atoms with Crippen molar-refractivity contribution in [2.24, 2.45) is 0 Å². The predicted molar refractivity (Wildman–Crippen MR) is 57.5 cm³/mol. The second kappa shape index (κ2) is 4.38. The lowest BCUT2D eigenvalue weighted by atomic mass is 10.1. The van der Waals surface area contributed by atoms with Gasteiger partial charge in [-0.3, -0.25) is 9.59 Å². The summed E-state index contributed by atoms with van der Waals surface area (Å²) in [5.74, 6) is -0.151. The minimum atomic E-state index is -1.04. The first-order chi connectivity index (χ1) is 7.34. The lowest BCUT2D eigenvalue weighted by Gasteiger charge is -2.14. The lowest BCUT2D eigenvalue weighted by Crippen LogP contribution is -2.32. The first-order valence-corrected chi connectivity index (χ1v) is 4.88. The van der Waals surface area contributed by atoms with Crippen molar-refractivity contribution in [1.82, 2.24) is 4.90 Å². The van der Waals surface area contributed by atoms with Crippen LogP contribution in [0, 0.1) is 20.8 Å². The van der Waals surface area contributed by atoms with Gasteiger partial charge in [0, 0.05) is 12.6 Å². The Morgan fingerprint density at radius 2 is 1.81 bits per heavy atom. The molecule has 88 valence electrons. The fraction of sp³-hybridized carbons (Fsp3) is 0.455. The van der Waals surface area contributed by atoms with Crippen LogP contribution in [-0.2, 0) is 4.79 Å². The Labute approximate surface area is 93.7 Å². The summed E-state index contributed by atoms with van der Waals surface area (Å²) in [5, 5.41) is 8.61. The van der Waals surface area contributed by atoms with Gasteiger partial charge in [-0.2, -0.15) is 0 Å². The molecule has 1 heterocycles. The fourth-order valence-corrected chi connectivity index (χ4v) is 1.57. The van der Waals surface area contributed by atoms with Gasteiger partial charge in [-0.15, -0.1) is 0 Å². The molecule has 0 aliphatic rings. The fourth-order valence-electron chi connectivity index (χ4n) is 1.57. The normalized spacial score (nSPS) is 10.2. The number of aliphatic carboxylic acids is 1. The van der Waals surface area contributed by atoms with Crippen molar-refractivity contribution in [2.75, 3.05) is 13.6 Å². The molecule has 16 heavy (non-hydrogen) atoms. The lowest BCUT2D eigenvalue weighted by molar-refractivity contribution is -0.137. The van der Waals surface area contributed by atoms with Gasteiger partial charge in [0.15, 0.2) is 0 Å². The number of carbonyl (C=O) groups excluding carboxylic acids is 1. The van der Waals surface area contributed by atoms with Gasteiger partial charge in [-0.05, 0) is 20.8 Å². The molecule has 0 bridgehead atoms. The Kier molecular flexibility index (Phi) is 3.37. The molecule has 5 heteroatoms. The van der Waals surface area contributed by atoms with Crippen molar-refractivity contribution in [3.8, 4) is 0 Å². The van der Waals surface area contributed by atoms with Crippen LogP contribution in [0.1, 0.15) is 27.4 Å². The van der Waals surface area contributed by atoms with Gasteiger partial charge in [0.25, 0.3) is 5.91 Å². The molecule has 0 saturated carbocycles. The van der Waals surface area contributed by atoms with E-state index < -0.39 is 5.97 Å². The highest BCUT2D eigenvalue weighted by molar-refractivity contribution is 5.98. The van der Waals surface area contributed by atoms with Crippen LogP contribution in [0.15, 0.2) is 4.42 Å². The Morgan fingerprint density at radius 3 is 2.19 bits per heavy atom. The van der Waals surface area contributed by atoms with Crippen molar-refractivity contribution in [2.45, 2.75) is 20.8 Å². The molecule has 5 nitrogen and oxygen atoms in total. The third-order valence-corrected chi connectivity index (χ3v) is 2.49. The number of carboxylic acids is 1. The van der Waals surface area contributed by atoms with Gasteiger partial charge in [-0.1, -0.05) is 0 Å². The van der Waals surface area contributed by atoms with Crippen molar-refractivity contribution in [1.29, 1.82) is 0 Å². The number of hydrogen-bond acceptors (Lipinski definition) is 3. The molecule has 1 rings (SSSR count). The zero-order chi connectivity index (χ0) is 12.5. The van der Waals surface area contributed by atoms with E-state index in [1.807, 2.05) is 0 Å². The smallest absolute Gasteiger partial charge is 0.323 e. The van der Waals surface area contributed by atoms with Crippen molar-refractivity contribution < 1.29 is 19.1 Å². The van der Waals surface area contributed by atoms with Gasteiger partial charge in [0.05, 0.1) is 5.56 Å². The quantitative estimate of drug-likeness (QED) is 0.843. The van der Waals surface area contributed by atoms with Crippen LogP contribution >= 0.6 is 0 Å². The molecule has 1 N–H and O–H groups in total. The summed E-state index contributed by atoms with van der Waals surface area (Å²) in [7, 11) is 1.46. The zero-order valence-electron chi connectivity index (χ0n) is 9.83. The van der Waals surface area contributed by atoms with Crippen molar-refractivity contribution in [3.05, 3.63) is 22.6 Å². The third kappa shape index (κ3) is 2.24. The van der Waals surface area contributed by atoms with Crippen LogP contribution < -0.4 is 0 Å². The molecule has 1 aromatic rings. The minimum absolute atomic E-state index is 0.318. The first kappa shape index (κ1) is 12.3. The molecule has 0 radical (unpaired) electrons. The van der Waals surface area contributed by atoms with Crippen LogP contribution in [0.25, 0.3) is 0 Å². The molecule has 1 amide bonds. The summed E-state index contributed by atoms with van der Waals surface area (Å²) >= 11 is 0. The maximum atomic E-state index is 11.9. The largest absolute Gasteiger partial charge is 0.480 e. The highest BCUT2D eigenvalue weighted by Crippen LogP contribution is 2.21. The van der Waals surface area contributed by atoms with Crippen molar-refractivity contribution >= 4 is 11.9 Å². The minimum Gasteiger partial charge on any atom is -0.480 e. The summed E-state index contributed by atoms with van der Waals surface area (Å²) in [6.07, 6.45) is 0. The first-order valence-electron chi connectivity index (χ1n) is 4.88. The number of rotatable bonds is 3. The Morgan fingerprint density at radius 1 is 1.25 bits per heavy atom. The number of hydrogen-bond donors (Lipinski definition) is 1. The highest BCUT2D eigenvalue weighted by atomic mass is 16.4. The predicted octanol–water partition coefficient (Wildman–Crippen LogP) is 1.36. The number of aryl methyl sites for hydroxylation is 2. The molecular weight excluding hydrogens is 210 g/mol. The monoisotopic (exact) mass is 225 g/mol. The second-order valence-corrected chi connectivity index (χ2v) is 3.77. The highest BCUT2D eigenvalue weighted by Gasteiger charge is 2.22. The molecule has 1 aromatic heterocycles. The molecule has 0 aliphatic heterocycles. The van der Waals surface area contributed by atoms with E-state index in [9.17, 15) is 9.59 Å². The Hall–Kier alpha value is -1.78.